The van der Waals surface area contributed by atoms with Gasteiger partial charge in [0.1, 0.15) is 5.84 Å². The Kier molecular flexibility index (Phi) is 2.18. The van der Waals surface area contributed by atoms with E-state index in [2.05, 4.69) is 6.92 Å². The monoisotopic (exact) mass is 155 g/mol. The Morgan fingerprint density at radius 3 is 2.27 bits per heavy atom. The minimum absolute atomic E-state index is 0.157. The van der Waals surface area contributed by atoms with Crippen LogP contribution in [-0.2, 0) is 0 Å². The normalized spacial score (nSPS) is 38.5. The Hall–Kier alpha value is -0.570. The Balaban J connectivity index is 2.55. The van der Waals surface area contributed by atoms with Gasteiger partial charge in [-0.1, -0.05) is 6.92 Å². The fourth-order valence-corrected chi connectivity index (χ4v) is 1.55. The van der Waals surface area contributed by atoms with Crippen LogP contribution >= 0.6 is 0 Å². The molecule has 0 amide bonds. The van der Waals surface area contributed by atoms with Crippen molar-refractivity contribution in [2.45, 2.75) is 38.1 Å². The summed E-state index contributed by atoms with van der Waals surface area (Å²) >= 11 is 0. The molecular weight excluding hydrogens is 138 g/mol. The molecule has 0 radical (unpaired) electrons. The van der Waals surface area contributed by atoms with E-state index in [1.54, 1.807) is 0 Å². The lowest BCUT2D eigenvalue weighted by molar-refractivity contribution is 0.304. The van der Waals surface area contributed by atoms with Crippen molar-refractivity contribution in [3.8, 4) is 0 Å². The first kappa shape index (κ1) is 8.53. The van der Waals surface area contributed by atoms with Gasteiger partial charge in [-0.05, 0) is 31.6 Å². The molecule has 1 fully saturated rings. The molecule has 1 rings (SSSR count). The van der Waals surface area contributed by atoms with E-state index < -0.39 is 5.54 Å². The highest BCUT2D eigenvalue weighted by atomic mass is 14.9. The molecule has 1 aliphatic carbocycles. The molecular formula is C8H17N3. The molecule has 0 bridgehead atoms. The molecule has 0 heterocycles. The number of amidine groups is 1. The molecule has 0 aromatic heterocycles. The highest BCUT2D eigenvalue weighted by molar-refractivity contribution is 5.87. The third-order valence-electron chi connectivity index (χ3n) is 2.70. The van der Waals surface area contributed by atoms with Gasteiger partial charge in [0.05, 0.1) is 5.54 Å². The van der Waals surface area contributed by atoms with E-state index >= 15 is 0 Å². The lowest BCUT2D eigenvalue weighted by Crippen LogP contribution is -2.53. The topological polar surface area (TPSA) is 75.9 Å². The third-order valence-corrected chi connectivity index (χ3v) is 2.70. The second-order valence-electron chi connectivity index (χ2n) is 3.75. The summed E-state index contributed by atoms with van der Waals surface area (Å²) in [6.45, 7) is 2.22. The van der Waals surface area contributed by atoms with Gasteiger partial charge in [0.25, 0.3) is 0 Å². The predicted molar refractivity (Wildman–Crippen MR) is 46.5 cm³/mol. The molecule has 0 atom stereocenters. The molecule has 0 spiro atoms. The first-order valence-corrected chi connectivity index (χ1v) is 4.18. The van der Waals surface area contributed by atoms with Crippen LogP contribution in [0.5, 0.6) is 0 Å². The van der Waals surface area contributed by atoms with Crippen molar-refractivity contribution in [3.05, 3.63) is 0 Å². The smallest absolute Gasteiger partial charge is 0.111 e. The van der Waals surface area contributed by atoms with Crippen molar-refractivity contribution in [2.24, 2.45) is 17.4 Å². The lowest BCUT2D eigenvalue weighted by Gasteiger charge is -2.34. The summed E-state index contributed by atoms with van der Waals surface area (Å²) in [5.74, 6) is 0.912. The maximum atomic E-state index is 7.30. The van der Waals surface area contributed by atoms with Gasteiger partial charge in [-0.2, -0.15) is 0 Å². The third kappa shape index (κ3) is 1.71. The number of nitrogens with two attached hydrogens (primary N) is 2. The molecule has 1 aliphatic rings. The molecule has 0 unspecified atom stereocenters. The van der Waals surface area contributed by atoms with Gasteiger partial charge in [-0.3, -0.25) is 5.41 Å². The standard InChI is InChI=1S/C8H17N3/c1-6-2-4-8(11,5-3-6)7(9)10/h6H,2-5,11H2,1H3,(H3,9,10). The summed E-state index contributed by atoms with van der Waals surface area (Å²) in [5, 5.41) is 7.30. The van der Waals surface area contributed by atoms with Gasteiger partial charge in [-0.15, -0.1) is 0 Å². The summed E-state index contributed by atoms with van der Waals surface area (Å²) in [6, 6.07) is 0. The minimum atomic E-state index is -0.480. The quantitative estimate of drug-likeness (QED) is 0.387. The zero-order valence-corrected chi connectivity index (χ0v) is 7.06. The summed E-state index contributed by atoms with van der Waals surface area (Å²) in [5.41, 5.74) is 10.8. The maximum absolute atomic E-state index is 7.30. The van der Waals surface area contributed by atoms with Crippen LogP contribution in [0.1, 0.15) is 32.6 Å². The van der Waals surface area contributed by atoms with Crippen molar-refractivity contribution in [1.29, 1.82) is 5.41 Å². The molecule has 0 aliphatic heterocycles. The highest BCUT2D eigenvalue weighted by Crippen LogP contribution is 2.29. The molecule has 0 aromatic carbocycles. The summed E-state index contributed by atoms with van der Waals surface area (Å²) in [6.07, 6.45) is 3.97. The number of rotatable bonds is 1. The molecule has 3 heteroatoms. The second-order valence-corrected chi connectivity index (χ2v) is 3.75. The van der Waals surface area contributed by atoms with Gasteiger partial charge in [-0.25, -0.2) is 0 Å². The van der Waals surface area contributed by atoms with Crippen LogP contribution in [0.2, 0.25) is 0 Å². The predicted octanol–water partition coefficient (Wildman–Crippen LogP) is 0.830. The Bertz CT molecular complexity index is 157. The fourth-order valence-electron chi connectivity index (χ4n) is 1.55. The van der Waals surface area contributed by atoms with E-state index in [0.29, 0.717) is 0 Å². The van der Waals surface area contributed by atoms with E-state index in [1.165, 1.54) is 0 Å². The molecule has 64 valence electrons. The first-order valence-electron chi connectivity index (χ1n) is 4.18. The van der Waals surface area contributed by atoms with Gasteiger partial charge in [0.15, 0.2) is 0 Å². The van der Waals surface area contributed by atoms with E-state index in [0.717, 1.165) is 31.6 Å². The average Bonchev–Trinajstić information content (AvgIpc) is 1.95. The van der Waals surface area contributed by atoms with Crippen LogP contribution in [-0.4, -0.2) is 11.4 Å². The van der Waals surface area contributed by atoms with Crippen LogP contribution in [0.25, 0.3) is 0 Å². The van der Waals surface area contributed by atoms with Crippen molar-refractivity contribution >= 4 is 5.84 Å². The van der Waals surface area contributed by atoms with Crippen LogP contribution in [0.15, 0.2) is 0 Å². The fraction of sp³-hybridized carbons (Fsp3) is 0.875. The van der Waals surface area contributed by atoms with E-state index in [-0.39, 0.29) is 5.84 Å². The minimum Gasteiger partial charge on any atom is -0.386 e. The van der Waals surface area contributed by atoms with Gasteiger partial charge in [0, 0.05) is 0 Å². The highest BCUT2D eigenvalue weighted by Gasteiger charge is 2.32. The van der Waals surface area contributed by atoms with Crippen molar-refractivity contribution < 1.29 is 0 Å². The SMILES string of the molecule is CC1CCC(N)(C(=N)N)CC1. The molecule has 3 nitrogen and oxygen atoms in total. The average molecular weight is 155 g/mol. The van der Waals surface area contributed by atoms with Crippen LogP contribution in [0.3, 0.4) is 0 Å². The van der Waals surface area contributed by atoms with Gasteiger partial charge < -0.3 is 11.5 Å². The second kappa shape index (κ2) is 2.81. The largest absolute Gasteiger partial charge is 0.386 e. The zero-order valence-electron chi connectivity index (χ0n) is 7.06. The van der Waals surface area contributed by atoms with Crippen LogP contribution in [0.4, 0.5) is 0 Å². The van der Waals surface area contributed by atoms with E-state index in [4.69, 9.17) is 16.9 Å². The lowest BCUT2D eigenvalue weighted by atomic mass is 9.77. The molecule has 5 N–H and O–H groups in total. The summed E-state index contributed by atoms with van der Waals surface area (Å²) in [4.78, 5) is 0. The van der Waals surface area contributed by atoms with E-state index in [9.17, 15) is 0 Å². The molecule has 1 saturated carbocycles. The number of hydrogen-bond acceptors (Lipinski definition) is 2. The van der Waals surface area contributed by atoms with Crippen molar-refractivity contribution in [3.63, 3.8) is 0 Å². The van der Waals surface area contributed by atoms with Crippen LogP contribution in [0, 0.1) is 11.3 Å². The van der Waals surface area contributed by atoms with Gasteiger partial charge in [0.2, 0.25) is 0 Å². The summed E-state index contributed by atoms with van der Waals surface area (Å²) < 4.78 is 0. The summed E-state index contributed by atoms with van der Waals surface area (Å²) in [7, 11) is 0. The molecule has 0 aromatic rings. The number of nitrogens with one attached hydrogen (secondary N) is 1. The van der Waals surface area contributed by atoms with Crippen molar-refractivity contribution in [1.82, 2.24) is 0 Å². The van der Waals surface area contributed by atoms with Crippen molar-refractivity contribution in [2.75, 3.05) is 0 Å². The Morgan fingerprint density at radius 1 is 1.45 bits per heavy atom. The maximum Gasteiger partial charge on any atom is 0.111 e. The molecule has 0 saturated heterocycles. The van der Waals surface area contributed by atoms with Crippen LogP contribution < -0.4 is 11.5 Å². The molecule has 11 heavy (non-hydrogen) atoms. The Morgan fingerprint density at radius 2 is 1.91 bits per heavy atom. The number of hydrogen-bond donors (Lipinski definition) is 3. The van der Waals surface area contributed by atoms with E-state index in [1.807, 2.05) is 0 Å². The first-order chi connectivity index (χ1) is 5.04. The Labute approximate surface area is 67.7 Å². The zero-order chi connectivity index (χ0) is 8.48. The van der Waals surface area contributed by atoms with Gasteiger partial charge >= 0.3 is 0 Å².